The van der Waals surface area contributed by atoms with E-state index in [9.17, 15) is 4.79 Å². The van der Waals surface area contributed by atoms with E-state index >= 15 is 0 Å². The fourth-order valence-electron chi connectivity index (χ4n) is 1.37. The van der Waals surface area contributed by atoms with Crippen LogP contribution in [0.1, 0.15) is 13.3 Å². The summed E-state index contributed by atoms with van der Waals surface area (Å²) in [5.41, 5.74) is 0.686. The third kappa shape index (κ3) is 1.24. The van der Waals surface area contributed by atoms with Crippen LogP contribution in [0.4, 0.5) is 0 Å². The molecule has 2 rings (SSSR count). The molecule has 0 bridgehead atoms. The summed E-state index contributed by atoms with van der Waals surface area (Å²) in [6.07, 6.45) is 2.61. The Balaban J connectivity index is 2.67. The maximum absolute atomic E-state index is 11.6. The van der Waals surface area contributed by atoms with Crippen molar-refractivity contribution in [2.45, 2.75) is 19.9 Å². The first-order valence-corrected chi connectivity index (χ1v) is 4.36. The van der Waals surface area contributed by atoms with Gasteiger partial charge in [0.25, 0.3) is 5.56 Å². The predicted octanol–water partition coefficient (Wildman–Crippen LogP) is 1.13. The molecule has 0 fully saturated rings. The molecule has 0 aliphatic carbocycles. The highest BCUT2D eigenvalue weighted by Crippen LogP contribution is 2.01. The summed E-state index contributed by atoms with van der Waals surface area (Å²) in [4.78, 5) is 15.7. The van der Waals surface area contributed by atoms with E-state index in [1.807, 2.05) is 6.92 Å². The van der Waals surface area contributed by atoms with Crippen molar-refractivity contribution < 1.29 is 0 Å². The molecule has 4 nitrogen and oxygen atoms in total. The predicted molar refractivity (Wildman–Crippen MR) is 50.6 cm³/mol. The monoisotopic (exact) mass is 177 g/mol. The number of nitrogens with zero attached hydrogens (tertiary/aromatic N) is 2. The van der Waals surface area contributed by atoms with Gasteiger partial charge in [-0.2, -0.15) is 0 Å². The maximum Gasteiger partial charge on any atom is 0.276 e. The molecule has 0 aromatic carbocycles. The number of hydrogen-bond acceptors (Lipinski definition) is 2. The highest BCUT2D eigenvalue weighted by Gasteiger charge is 2.04. The smallest absolute Gasteiger partial charge is 0.276 e. The first-order chi connectivity index (χ1) is 6.33. The van der Waals surface area contributed by atoms with Gasteiger partial charge >= 0.3 is 0 Å². The van der Waals surface area contributed by atoms with Gasteiger partial charge in [-0.25, -0.2) is 4.98 Å². The molecule has 4 heteroatoms. The zero-order chi connectivity index (χ0) is 9.26. The van der Waals surface area contributed by atoms with Crippen LogP contribution in [0.15, 0.2) is 23.1 Å². The first kappa shape index (κ1) is 8.04. The van der Waals surface area contributed by atoms with Crippen molar-refractivity contribution in [3.63, 3.8) is 0 Å². The minimum absolute atomic E-state index is 0.0185. The van der Waals surface area contributed by atoms with Gasteiger partial charge in [-0.3, -0.25) is 14.6 Å². The molecule has 13 heavy (non-hydrogen) atoms. The minimum Gasteiger partial charge on any atom is -0.278 e. The Morgan fingerprint density at radius 3 is 3.15 bits per heavy atom. The maximum atomic E-state index is 11.6. The number of H-pyrrole nitrogens is 1. The molecule has 0 aliphatic heterocycles. The molecule has 0 radical (unpaired) electrons. The van der Waals surface area contributed by atoms with E-state index in [1.165, 1.54) is 0 Å². The average molecular weight is 177 g/mol. The molecule has 0 spiro atoms. The van der Waals surface area contributed by atoms with E-state index in [-0.39, 0.29) is 5.56 Å². The zero-order valence-corrected chi connectivity index (χ0v) is 7.45. The normalized spacial score (nSPS) is 10.8. The lowest BCUT2D eigenvalue weighted by atomic mass is 10.3. The summed E-state index contributed by atoms with van der Waals surface area (Å²) >= 11 is 0. The van der Waals surface area contributed by atoms with E-state index in [1.54, 1.807) is 23.0 Å². The molecular formula is C9H11N3O. The van der Waals surface area contributed by atoms with E-state index in [4.69, 9.17) is 0 Å². The third-order valence-electron chi connectivity index (χ3n) is 1.97. The number of aromatic amines is 1. The van der Waals surface area contributed by atoms with Crippen molar-refractivity contribution >= 4 is 11.0 Å². The second-order valence-electron chi connectivity index (χ2n) is 2.97. The van der Waals surface area contributed by atoms with Crippen LogP contribution >= 0.6 is 0 Å². The Hall–Kier alpha value is -1.58. The van der Waals surface area contributed by atoms with Gasteiger partial charge in [0.1, 0.15) is 0 Å². The second kappa shape index (κ2) is 3.05. The standard InChI is InChI=1S/C9H11N3O/c1-2-6-12-9(13)7-4-3-5-10-8(7)11-12/h3-5H,2,6H2,1H3,(H,10,11). The molecule has 0 amide bonds. The van der Waals surface area contributed by atoms with E-state index in [0.717, 1.165) is 13.0 Å². The topological polar surface area (TPSA) is 50.7 Å². The average Bonchev–Trinajstić information content (AvgIpc) is 2.46. The fourth-order valence-corrected chi connectivity index (χ4v) is 1.37. The molecule has 0 aliphatic rings. The third-order valence-corrected chi connectivity index (χ3v) is 1.97. The van der Waals surface area contributed by atoms with Crippen LogP contribution in [0.2, 0.25) is 0 Å². The molecule has 0 atom stereocenters. The highest BCUT2D eigenvalue weighted by molar-refractivity contribution is 5.73. The lowest BCUT2D eigenvalue weighted by molar-refractivity contribution is 0.590. The second-order valence-corrected chi connectivity index (χ2v) is 2.97. The van der Waals surface area contributed by atoms with Crippen molar-refractivity contribution in [2.24, 2.45) is 0 Å². The van der Waals surface area contributed by atoms with Gasteiger partial charge in [-0.05, 0) is 18.6 Å². The van der Waals surface area contributed by atoms with Crippen molar-refractivity contribution in [3.05, 3.63) is 28.7 Å². The fraction of sp³-hybridized carbons (Fsp3) is 0.333. The van der Waals surface area contributed by atoms with Crippen LogP contribution in [0.3, 0.4) is 0 Å². The van der Waals surface area contributed by atoms with Crippen molar-refractivity contribution in [1.82, 2.24) is 14.8 Å². The quantitative estimate of drug-likeness (QED) is 0.747. The molecular weight excluding hydrogens is 166 g/mol. The summed E-state index contributed by atoms with van der Waals surface area (Å²) in [6.45, 7) is 2.75. The molecule has 0 saturated carbocycles. The zero-order valence-electron chi connectivity index (χ0n) is 7.45. The van der Waals surface area contributed by atoms with Gasteiger partial charge in [-0.1, -0.05) is 6.92 Å². The number of aromatic nitrogens is 3. The van der Waals surface area contributed by atoms with Crippen LogP contribution in [0.25, 0.3) is 11.0 Å². The van der Waals surface area contributed by atoms with Crippen LogP contribution in [0.5, 0.6) is 0 Å². The Bertz CT molecular complexity index is 469. The number of fused-ring (bicyclic) bond motifs is 1. The van der Waals surface area contributed by atoms with Gasteiger partial charge < -0.3 is 0 Å². The van der Waals surface area contributed by atoms with E-state index in [0.29, 0.717) is 11.0 Å². The molecule has 68 valence electrons. The Morgan fingerprint density at radius 1 is 1.62 bits per heavy atom. The van der Waals surface area contributed by atoms with Crippen molar-refractivity contribution in [2.75, 3.05) is 0 Å². The molecule has 1 N–H and O–H groups in total. The van der Waals surface area contributed by atoms with Crippen molar-refractivity contribution in [1.29, 1.82) is 0 Å². The molecule has 2 aromatic heterocycles. The number of hydrogen-bond donors (Lipinski definition) is 1. The summed E-state index contributed by atoms with van der Waals surface area (Å²) in [6, 6.07) is 3.56. The summed E-state index contributed by atoms with van der Waals surface area (Å²) in [5.74, 6) is 0. The van der Waals surface area contributed by atoms with Gasteiger partial charge in [0.15, 0.2) is 5.65 Å². The number of nitrogens with one attached hydrogen (secondary N) is 1. The molecule has 0 unspecified atom stereocenters. The SMILES string of the molecule is CCCn1[nH]c2ncccc2c1=O. The van der Waals surface area contributed by atoms with Crippen LogP contribution in [-0.2, 0) is 6.54 Å². The molecule has 2 heterocycles. The Morgan fingerprint density at radius 2 is 2.46 bits per heavy atom. The highest BCUT2D eigenvalue weighted by atomic mass is 16.1. The van der Waals surface area contributed by atoms with Crippen LogP contribution in [0, 0.1) is 0 Å². The number of pyridine rings is 1. The largest absolute Gasteiger partial charge is 0.278 e. The van der Waals surface area contributed by atoms with Gasteiger partial charge in [0.05, 0.1) is 5.39 Å². The van der Waals surface area contributed by atoms with E-state index < -0.39 is 0 Å². The lowest BCUT2D eigenvalue weighted by Crippen LogP contribution is -2.15. The van der Waals surface area contributed by atoms with E-state index in [2.05, 4.69) is 10.1 Å². The first-order valence-electron chi connectivity index (χ1n) is 4.36. The minimum atomic E-state index is 0.0185. The molecule has 2 aromatic rings. The summed E-state index contributed by atoms with van der Waals surface area (Å²) < 4.78 is 1.59. The van der Waals surface area contributed by atoms with Crippen molar-refractivity contribution in [3.8, 4) is 0 Å². The van der Waals surface area contributed by atoms with Gasteiger partial charge in [-0.15, -0.1) is 0 Å². The summed E-state index contributed by atoms with van der Waals surface area (Å²) in [7, 11) is 0. The van der Waals surface area contributed by atoms with Gasteiger partial charge in [0.2, 0.25) is 0 Å². The number of rotatable bonds is 2. The van der Waals surface area contributed by atoms with Gasteiger partial charge in [0, 0.05) is 12.7 Å². The Labute approximate surface area is 75.2 Å². The molecule has 0 saturated heterocycles. The lowest BCUT2D eigenvalue weighted by Gasteiger charge is -1.94. The summed E-state index contributed by atoms with van der Waals surface area (Å²) in [5, 5.41) is 3.62. The number of aryl methyl sites for hydroxylation is 1. The van der Waals surface area contributed by atoms with Crippen LogP contribution < -0.4 is 5.56 Å². The Kier molecular flexibility index (Phi) is 1.88. The van der Waals surface area contributed by atoms with Crippen LogP contribution in [-0.4, -0.2) is 14.8 Å².